The monoisotopic (exact) mass is 381 g/mol. The maximum Gasteiger partial charge on any atom is 0.410 e. The standard InChI is InChI=1S/C22H36ClNO2/c1-7-24(8-2)22(25)26-15-19-18(12-10-9-11-16(3)4)13-14-20(23)21(19)17(5)6/h13-14,16-17H,7-12,15H2,1-6H3. The topological polar surface area (TPSA) is 29.5 Å². The highest BCUT2D eigenvalue weighted by Gasteiger charge is 2.18. The molecule has 0 radical (unpaired) electrons. The van der Waals surface area contributed by atoms with Crippen molar-refractivity contribution >= 4 is 17.7 Å². The Morgan fingerprint density at radius 2 is 1.77 bits per heavy atom. The van der Waals surface area contributed by atoms with Gasteiger partial charge in [0.15, 0.2) is 0 Å². The Morgan fingerprint density at radius 3 is 2.31 bits per heavy atom. The average Bonchev–Trinajstić information content (AvgIpc) is 2.58. The quantitative estimate of drug-likeness (QED) is 0.416. The number of benzene rings is 1. The van der Waals surface area contributed by atoms with Gasteiger partial charge in [0, 0.05) is 18.1 Å². The summed E-state index contributed by atoms with van der Waals surface area (Å²) in [6.07, 6.45) is 4.36. The number of amides is 1. The highest BCUT2D eigenvalue weighted by Crippen LogP contribution is 2.32. The van der Waals surface area contributed by atoms with E-state index < -0.39 is 0 Å². The third kappa shape index (κ3) is 6.83. The fourth-order valence-electron chi connectivity index (χ4n) is 3.29. The highest BCUT2D eigenvalue weighted by atomic mass is 35.5. The number of unbranched alkanes of at least 4 members (excludes halogenated alkanes) is 1. The van der Waals surface area contributed by atoms with E-state index in [9.17, 15) is 4.79 Å². The zero-order chi connectivity index (χ0) is 19.7. The smallest absolute Gasteiger partial charge is 0.410 e. The molecule has 0 unspecified atom stereocenters. The summed E-state index contributed by atoms with van der Waals surface area (Å²) in [5.41, 5.74) is 3.46. The van der Waals surface area contributed by atoms with Crippen molar-refractivity contribution < 1.29 is 9.53 Å². The van der Waals surface area contributed by atoms with Crippen molar-refractivity contribution in [2.24, 2.45) is 5.92 Å². The molecular formula is C22H36ClNO2. The number of nitrogens with zero attached hydrogens (tertiary/aromatic N) is 1. The van der Waals surface area contributed by atoms with E-state index in [1.165, 1.54) is 18.4 Å². The number of ether oxygens (including phenoxy) is 1. The van der Waals surface area contributed by atoms with E-state index in [-0.39, 0.29) is 6.09 Å². The highest BCUT2D eigenvalue weighted by molar-refractivity contribution is 6.31. The molecule has 0 aliphatic carbocycles. The van der Waals surface area contributed by atoms with Crippen molar-refractivity contribution in [2.75, 3.05) is 13.1 Å². The molecule has 0 aliphatic heterocycles. The molecule has 1 amide bonds. The van der Waals surface area contributed by atoms with Crippen molar-refractivity contribution in [3.05, 3.63) is 33.8 Å². The molecule has 0 saturated carbocycles. The first-order valence-electron chi connectivity index (χ1n) is 10.0. The van der Waals surface area contributed by atoms with Crippen LogP contribution in [-0.4, -0.2) is 24.1 Å². The van der Waals surface area contributed by atoms with Crippen molar-refractivity contribution in [1.29, 1.82) is 0 Å². The Hall–Kier alpha value is -1.22. The van der Waals surface area contributed by atoms with Crippen LogP contribution in [0.4, 0.5) is 4.79 Å². The molecule has 1 rings (SSSR count). The lowest BCUT2D eigenvalue weighted by atomic mass is 9.91. The molecule has 0 bridgehead atoms. The summed E-state index contributed by atoms with van der Waals surface area (Å²) in [5, 5.41) is 0.764. The SMILES string of the molecule is CCN(CC)C(=O)OCc1c(CCCCC(C)C)ccc(Cl)c1C(C)C. The summed E-state index contributed by atoms with van der Waals surface area (Å²) in [4.78, 5) is 14.0. The van der Waals surface area contributed by atoms with Crippen molar-refractivity contribution in [3.8, 4) is 0 Å². The van der Waals surface area contributed by atoms with E-state index in [0.29, 0.717) is 25.6 Å². The van der Waals surface area contributed by atoms with Gasteiger partial charge < -0.3 is 9.64 Å². The third-order valence-corrected chi connectivity index (χ3v) is 5.15. The minimum absolute atomic E-state index is 0.254. The predicted octanol–water partition coefficient (Wildman–Crippen LogP) is 6.81. The molecule has 3 nitrogen and oxygen atoms in total. The molecule has 0 aromatic heterocycles. The number of carbonyl (C=O) groups excluding carboxylic acids is 1. The van der Waals surface area contributed by atoms with Gasteiger partial charge in [-0.3, -0.25) is 0 Å². The molecule has 0 spiro atoms. The van der Waals surface area contributed by atoms with Gasteiger partial charge in [0.25, 0.3) is 0 Å². The van der Waals surface area contributed by atoms with Gasteiger partial charge in [-0.05, 0) is 61.3 Å². The van der Waals surface area contributed by atoms with E-state index in [1.807, 2.05) is 19.9 Å². The van der Waals surface area contributed by atoms with Crippen LogP contribution >= 0.6 is 11.6 Å². The minimum atomic E-state index is -0.254. The largest absolute Gasteiger partial charge is 0.445 e. The number of rotatable bonds is 10. The Morgan fingerprint density at radius 1 is 1.12 bits per heavy atom. The Balaban J connectivity index is 2.96. The van der Waals surface area contributed by atoms with Crippen LogP contribution in [0.3, 0.4) is 0 Å². The van der Waals surface area contributed by atoms with E-state index in [0.717, 1.165) is 34.9 Å². The molecule has 1 aromatic carbocycles. The second-order valence-electron chi connectivity index (χ2n) is 7.62. The first-order chi connectivity index (χ1) is 12.3. The molecular weight excluding hydrogens is 346 g/mol. The summed E-state index contributed by atoms with van der Waals surface area (Å²) in [5.74, 6) is 1.03. The lowest BCUT2D eigenvalue weighted by Crippen LogP contribution is -2.31. The third-order valence-electron chi connectivity index (χ3n) is 4.82. The van der Waals surface area contributed by atoms with Crippen LogP contribution < -0.4 is 0 Å². The van der Waals surface area contributed by atoms with Crippen LogP contribution in [0.2, 0.25) is 5.02 Å². The fourth-order valence-corrected chi connectivity index (χ4v) is 3.68. The number of hydrogen-bond donors (Lipinski definition) is 0. The van der Waals surface area contributed by atoms with Gasteiger partial charge in [0.05, 0.1) is 0 Å². The van der Waals surface area contributed by atoms with Gasteiger partial charge in [-0.1, -0.05) is 58.2 Å². The van der Waals surface area contributed by atoms with Gasteiger partial charge in [-0.2, -0.15) is 0 Å². The molecule has 0 saturated heterocycles. The average molecular weight is 382 g/mol. The zero-order valence-corrected chi connectivity index (χ0v) is 18.2. The number of carbonyl (C=O) groups is 1. The summed E-state index contributed by atoms with van der Waals surface area (Å²) in [7, 11) is 0. The lowest BCUT2D eigenvalue weighted by Gasteiger charge is -2.22. The van der Waals surface area contributed by atoms with Gasteiger partial charge >= 0.3 is 6.09 Å². The van der Waals surface area contributed by atoms with E-state index in [4.69, 9.17) is 16.3 Å². The maximum absolute atomic E-state index is 12.3. The Kier molecular flexibility index (Phi) is 10.1. The zero-order valence-electron chi connectivity index (χ0n) is 17.4. The second kappa shape index (κ2) is 11.5. The molecule has 0 atom stereocenters. The van der Waals surface area contributed by atoms with Crippen LogP contribution in [0, 0.1) is 5.92 Å². The Bertz CT molecular complexity index is 566. The molecule has 1 aromatic rings. The fraction of sp³-hybridized carbons (Fsp3) is 0.682. The van der Waals surface area contributed by atoms with Crippen molar-refractivity contribution in [2.45, 2.75) is 79.8 Å². The van der Waals surface area contributed by atoms with Crippen LogP contribution in [-0.2, 0) is 17.8 Å². The van der Waals surface area contributed by atoms with Crippen LogP contribution in [0.25, 0.3) is 0 Å². The van der Waals surface area contributed by atoms with E-state index in [2.05, 4.69) is 33.8 Å². The maximum atomic E-state index is 12.3. The number of halogens is 1. The number of hydrogen-bond acceptors (Lipinski definition) is 2. The normalized spacial score (nSPS) is 11.3. The van der Waals surface area contributed by atoms with Crippen LogP contribution in [0.5, 0.6) is 0 Å². The van der Waals surface area contributed by atoms with Crippen LogP contribution in [0.15, 0.2) is 12.1 Å². The second-order valence-corrected chi connectivity index (χ2v) is 8.03. The van der Waals surface area contributed by atoms with Crippen molar-refractivity contribution in [1.82, 2.24) is 4.90 Å². The minimum Gasteiger partial charge on any atom is -0.445 e. The summed E-state index contributed by atoms with van der Waals surface area (Å²) in [6, 6.07) is 4.09. The summed E-state index contributed by atoms with van der Waals surface area (Å²) >= 11 is 6.48. The van der Waals surface area contributed by atoms with E-state index in [1.54, 1.807) is 4.90 Å². The first kappa shape index (κ1) is 22.8. The molecule has 0 heterocycles. The van der Waals surface area contributed by atoms with E-state index >= 15 is 0 Å². The predicted molar refractivity (Wildman–Crippen MR) is 111 cm³/mol. The Labute approximate surface area is 165 Å². The molecule has 26 heavy (non-hydrogen) atoms. The lowest BCUT2D eigenvalue weighted by molar-refractivity contribution is 0.0993. The molecule has 0 aliphatic rings. The summed E-state index contributed by atoms with van der Waals surface area (Å²) in [6.45, 7) is 14.3. The molecule has 0 N–H and O–H groups in total. The van der Waals surface area contributed by atoms with Crippen LogP contribution in [0.1, 0.15) is 83.4 Å². The number of aryl methyl sites for hydroxylation is 1. The van der Waals surface area contributed by atoms with Gasteiger partial charge in [-0.25, -0.2) is 4.79 Å². The molecule has 0 fully saturated rings. The first-order valence-corrected chi connectivity index (χ1v) is 10.4. The summed E-state index contributed by atoms with van der Waals surface area (Å²) < 4.78 is 5.63. The van der Waals surface area contributed by atoms with Gasteiger partial charge in [-0.15, -0.1) is 0 Å². The van der Waals surface area contributed by atoms with Gasteiger partial charge in [0.1, 0.15) is 6.61 Å². The van der Waals surface area contributed by atoms with Gasteiger partial charge in [0.2, 0.25) is 0 Å². The molecule has 4 heteroatoms. The molecule has 148 valence electrons. The van der Waals surface area contributed by atoms with Crippen molar-refractivity contribution in [3.63, 3.8) is 0 Å².